The molecule has 156 valence electrons. The van der Waals surface area contributed by atoms with E-state index in [-0.39, 0.29) is 0 Å². The maximum Gasteiger partial charge on any atom is 0.177 e. The molecule has 1 aliphatic heterocycles. The number of hydrogen-bond donors (Lipinski definition) is 1. The number of rotatable bonds is 5. The number of nitrogens with one attached hydrogen (secondary N) is 1. The quantitative estimate of drug-likeness (QED) is 0.397. The molecule has 0 atom stereocenters. The Morgan fingerprint density at radius 2 is 1.87 bits per heavy atom. The van der Waals surface area contributed by atoms with Crippen molar-refractivity contribution in [3.8, 4) is 11.3 Å². The highest BCUT2D eigenvalue weighted by Crippen LogP contribution is 2.27. The van der Waals surface area contributed by atoms with Gasteiger partial charge in [0.15, 0.2) is 11.5 Å². The molecular formula is C24H24N6O. The molecule has 0 saturated carbocycles. The molecule has 0 aliphatic carbocycles. The Labute approximate surface area is 181 Å². The largest absolute Gasteiger partial charge is 0.378 e. The van der Waals surface area contributed by atoms with Crippen LogP contribution >= 0.6 is 0 Å². The first-order chi connectivity index (χ1) is 15.3. The molecule has 2 aromatic heterocycles. The molecule has 0 spiro atoms. The molecule has 31 heavy (non-hydrogen) atoms. The number of anilines is 2. The van der Waals surface area contributed by atoms with E-state index < -0.39 is 0 Å². The van der Waals surface area contributed by atoms with Crippen molar-refractivity contribution in [2.24, 2.45) is 5.10 Å². The number of aromatic nitrogens is 3. The Kier molecular flexibility index (Phi) is 5.33. The molecule has 0 unspecified atom stereocenters. The number of benzene rings is 2. The van der Waals surface area contributed by atoms with Crippen molar-refractivity contribution in [2.45, 2.75) is 6.92 Å². The van der Waals surface area contributed by atoms with Gasteiger partial charge in [-0.25, -0.2) is 9.50 Å². The molecule has 0 amide bonds. The predicted molar refractivity (Wildman–Crippen MR) is 124 cm³/mol. The minimum atomic E-state index is 0.662. The van der Waals surface area contributed by atoms with E-state index in [1.807, 2.05) is 47.1 Å². The summed E-state index contributed by atoms with van der Waals surface area (Å²) in [6.07, 6.45) is 3.76. The second-order valence-corrected chi connectivity index (χ2v) is 7.56. The summed E-state index contributed by atoms with van der Waals surface area (Å²) in [4.78, 5) is 7.18. The van der Waals surface area contributed by atoms with Gasteiger partial charge in [-0.05, 0) is 12.5 Å². The SMILES string of the molecule is Cc1cccc(C=NNc2cc(N3CCOCC3)c3nc(-c4ccccc4)cn3n2)c1. The highest BCUT2D eigenvalue weighted by atomic mass is 16.5. The number of fused-ring (bicyclic) bond motifs is 1. The normalized spacial score (nSPS) is 14.4. The highest BCUT2D eigenvalue weighted by Gasteiger charge is 2.18. The fourth-order valence-electron chi connectivity index (χ4n) is 3.72. The second-order valence-electron chi connectivity index (χ2n) is 7.56. The molecule has 4 aromatic rings. The Hall–Kier alpha value is -3.71. The number of hydrogen-bond acceptors (Lipinski definition) is 6. The first-order valence-electron chi connectivity index (χ1n) is 10.4. The van der Waals surface area contributed by atoms with Crippen LogP contribution in [0.3, 0.4) is 0 Å². The maximum absolute atomic E-state index is 5.54. The van der Waals surface area contributed by atoms with E-state index in [1.54, 1.807) is 6.21 Å². The fourth-order valence-corrected chi connectivity index (χ4v) is 3.72. The first kappa shape index (κ1) is 19.3. The molecule has 5 rings (SSSR count). The van der Waals surface area contributed by atoms with Crippen LogP contribution in [0.5, 0.6) is 0 Å². The molecule has 1 fully saturated rings. The third kappa shape index (κ3) is 4.27. The van der Waals surface area contributed by atoms with Gasteiger partial charge in [-0.2, -0.15) is 5.10 Å². The van der Waals surface area contributed by atoms with Crippen LogP contribution in [0.4, 0.5) is 11.5 Å². The van der Waals surface area contributed by atoms with E-state index >= 15 is 0 Å². The van der Waals surface area contributed by atoms with Crippen molar-refractivity contribution in [3.05, 3.63) is 78.0 Å². The number of nitrogens with zero attached hydrogens (tertiary/aromatic N) is 5. The van der Waals surface area contributed by atoms with E-state index in [1.165, 1.54) is 5.56 Å². The molecule has 0 bridgehead atoms. The average molecular weight is 412 g/mol. The topological polar surface area (TPSA) is 67.0 Å². The van der Waals surface area contributed by atoms with Gasteiger partial charge in [0, 0.05) is 24.7 Å². The molecule has 7 nitrogen and oxygen atoms in total. The zero-order chi connectivity index (χ0) is 21.0. The molecule has 1 N–H and O–H groups in total. The van der Waals surface area contributed by atoms with E-state index in [4.69, 9.17) is 14.8 Å². The molecular weight excluding hydrogens is 388 g/mol. The van der Waals surface area contributed by atoms with Crippen molar-refractivity contribution in [3.63, 3.8) is 0 Å². The summed E-state index contributed by atoms with van der Waals surface area (Å²) in [7, 11) is 0. The van der Waals surface area contributed by atoms with E-state index in [9.17, 15) is 0 Å². The van der Waals surface area contributed by atoms with Crippen molar-refractivity contribution < 1.29 is 4.74 Å². The monoisotopic (exact) mass is 412 g/mol. The summed E-state index contributed by atoms with van der Waals surface area (Å²) in [5, 5.41) is 9.09. The van der Waals surface area contributed by atoms with Crippen LogP contribution in [0.15, 0.2) is 72.0 Å². The lowest BCUT2D eigenvalue weighted by Crippen LogP contribution is -2.36. The summed E-state index contributed by atoms with van der Waals surface area (Å²) in [6, 6.07) is 20.4. The zero-order valence-electron chi connectivity index (χ0n) is 17.4. The fraction of sp³-hybridized carbons (Fsp3) is 0.208. The lowest BCUT2D eigenvalue weighted by atomic mass is 10.2. The van der Waals surface area contributed by atoms with Crippen molar-refractivity contribution in [2.75, 3.05) is 36.6 Å². The molecule has 7 heteroatoms. The minimum absolute atomic E-state index is 0.662. The molecule has 1 aliphatic rings. The van der Waals surface area contributed by atoms with Gasteiger partial charge in [-0.15, -0.1) is 5.10 Å². The lowest BCUT2D eigenvalue weighted by Gasteiger charge is -2.29. The third-order valence-electron chi connectivity index (χ3n) is 5.26. The van der Waals surface area contributed by atoms with E-state index in [0.717, 1.165) is 41.2 Å². The van der Waals surface area contributed by atoms with Gasteiger partial charge in [0.25, 0.3) is 0 Å². The van der Waals surface area contributed by atoms with E-state index in [2.05, 4.69) is 46.6 Å². The van der Waals surface area contributed by atoms with Gasteiger partial charge in [-0.1, -0.05) is 60.2 Å². The van der Waals surface area contributed by atoms with Gasteiger partial charge in [0.1, 0.15) is 0 Å². The minimum Gasteiger partial charge on any atom is -0.378 e. The summed E-state index contributed by atoms with van der Waals surface area (Å²) in [5.41, 5.74) is 9.13. The van der Waals surface area contributed by atoms with Gasteiger partial charge in [-0.3, -0.25) is 5.43 Å². The Bertz CT molecular complexity index is 1210. The zero-order valence-corrected chi connectivity index (χ0v) is 17.4. The van der Waals surface area contributed by atoms with Crippen LogP contribution in [0, 0.1) is 6.92 Å². The summed E-state index contributed by atoms with van der Waals surface area (Å²) >= 11 is 0. The molecule has 2 aromatic carbocycles. The van der Waals surface area contributed by atoms with Gasteiger partial charge in [0.05, 0.1) is 37.0 Å². The van der Waals surface area contributed by atoms with Crippen LogP contribution in [0.25, 0.3) is 16.9 Å². The third-order valence-corrected chi connectivity index (χ3v) is 5.26. The lowest BCUT2D eigenvalue weighted by molar-refractivity contribution is 0.123. The first-order valence-corrected chi connectivity index (χ1v) is 10.4. The number of hydrazone groups is 1. The average Bonchev–Trinajstić information content (AvgIpc) is 3.24. The van der Waals surface area contributed by atoms with Crippen LogP contribution in [0.1, 0.15) is 11.1 Å². The Balaban J connectivity index is 1.50. The summed E-state index contributed by atoms with van der Waals surface area (Å²) in [5.74, 6) is 0.662. The number of imidazole rings is 1. The van der Waals surface area contributed by atoms with Gasteiger partial charge in [0.2, 0.25) is 0 Å². The highest BCUT2D eigenvalue weighted by molar-refractivity contribution is 5.81. The number of morpholine rings is 1. The van der Waals surface area contributed by atoms with Gasteiger partial charge >= 0.3 is 0 Å². The molecule has 3 heterocycles. The number of ether oxygens (including phenoxy) is 1. The smallest absolute Gasteiger partial charge is 0.177 e. The molecule has 0 radical (unpaired) electrons. The second kappa shape index (κ2) is 8.57. The Morgan fingerprint density at radius 1 is 1.03 bits per heavy atom. The standard InChI is InChI=1S/C24H24N6O/c1-18-6-5-7-19(14-18)16-25-27-23-15-22(29-10-12-31-13-11-29)24-26-21(17-30(24)28-23)20-8-3-2-4-9-20/h2-9,14-17H,10-13H2,1H3,(H,27,28). The predicted octanol–water partition coefficient (Wildman–Crippen LogP) is 3.99. The van der Waals surface area contributed by atoms with Crippen molar-refractivity contribution in [1.82, 2.24) is 14.6 Å². The van der Waals surface area contributed by atoms with Crippen LogP contribution in [0.2, 0.25) is 0 Å². The number of aryl methyl sites for hydroxylation is 1. The summed E-state index contributed by atoms with van der Waals surface area (Å²) in [6.45, 7) is 5.11. The molecule has 1 saturated heterocycles. The van der Waals surface area contributed by atoms with Crippen molar-refractivity contribution in [1.29, 1.82) is 0 Å². The van der Waals surface area contributed by atoms with Crippen LogP contribution in [-0.2, 0) is 4.74 Å². The van der Waals surface area contributed by atoms with Crippen LogP contribution in [-0.4, -0.2) is 47.1 Å². The Morgan fingerprint density at radius 3 is 2.68 bits per heavy atom. The van der Waals surface area contributed by atoms with E-state index in [0.29, 0.717) is 19.0 Å². The maximum atomic E-state index is 5.54. The van der Waals surface area contributed by atoms with Gasteiger partial charge < -0.3 is 9.64 Å². The van der Waals surface area contributed by atoms with Crippen LogP contribution < -0.4 is 10.3 Å². The summed E-state index contributed by atoms with van der Waals surface area (Å²) < 4.78 is 7.37. The van der Waals surface area contributed by atoms with Crippen molar-refractivity contribution >= 4 is 23.4 Å².